The van der Waals surface area contributed by atoms with Gasteiger partial charge in [-0.1, -0.05) is 23.9 Å². The predicted molar refractivity (Wildman–Crippen MR) is 96.6 cm³/mol. The van der Waals surface area contributed by atoms with Gasteiger partial charge in [-0.3, -0.25) is 9.59 Å². The second-order valence-electron chi connectivity index (χ2n) is 6.53. The van der Waals surface area contributed by atoms with Gasteiger partial charge in [0.1, 0.15) is 5.52 Å². The van der Waals surface area contributed by atoms with Crippen molar-refractivity contribution in [3.63, 3.8) is 0 Å². The van der Waals surface area contributed by atoms with Gasteiger partial charge in [0.25, 0.3) is 5.24 Å². The summed E-state index contributed by atoms with van der Waals surface area (Å²) in [6.07, 6.45) is 2.16. The molecule has 0 radical (unpaired) electrons. The number of rotatable bonds is 4. The summed E-state index contributed by atoms with van der Waals surface area (Å²) in [7, 11) is 0. The maximum atomic E-state index is 12.4. The van der Waals surface area contributed by atoms with Crippen molar-refractivity contribution in [1.82, 2.24) is 14.8 Å². The van der Waals surface area contributed by atoms with Crippen LogP contribution in [0, 0.1) is 0 Å². The highest BCUT2D eigenvalue weighted by Crippen LogP contribution is 2.30. The smallest absolute Gasteiger partial charge is 0.281 e. The molecule has 0 unspecified atom stereocenters. The molecule has 2 fully saturated rings. The first-order valence-electron chi connectivity index (χ1n) is 8.75. The summed E-state index contributed by atoms with van der Waals surface area (Å²) in [5.41, 5.74) is 1.72. The summed E-state index contributed by atoms with van der Waals surface area (Å²) < 4.78 is 5.87. The molecule has 0 bridgehead atoms. The van der Waals surface area contributed by atoms with Crippen molar-refractivity contribution in [1.29, 1.82) is 0 Å². The summed E-state index contributed by atoms with van der Waals surface area (Å²) in [6.45, 7) is 2.75. The van der Waals surface area contributed by atoms with Crippen molar-refractivity contribution in [2.75, 3.05) is 31.9 Å². The van der Waals surface area contributed by atoms with Gasteiger partial charge >= 0.3 is 0 Å². The third-order valence-electron chi connectivity index (χ3n) is 4.95. The van der Waals surface area contributed by atoms with Crippen molar-refractivity contribution in [3.8, 4) is 0 Å². The van der Waals surface area contributed by atoms with E-state index in [0.29, 0.717) is 13.0 Å². The van der Waals surface area contributed by atoms with Crippen LogP contribution in [0.1, 0.15) is 31.1 Å². The van der Waals surface area contributed by atoms with E-state index >= 15 is 0 Å². The molecule has 0 N–H and O–H groups in total. The fraction of sp³-hybridized carbons (Fsp3) is 0.500. The Balaban J connectivity index is 1.30. The van der Waals surface area contributed by atoms with E-state index in [-0.39, 0.29) is 17.1 Å². The monoisotopic (exact) mass is 359 g/mol. The van der Waals surface area contributed by atoms with Crippen LogP contribution in [0.4, 0.5) is 4.79 Å². The minimum atomic E-state index is 0.0995. The van der Waals surface area contributed by atoms with Gasteiger partial charge in [0.05, 0.1) is 0 Å². The Kier molecular flexibility index (Phi) is 4.65. The first-order chi connectivity index (χ1) is 12.2. The third-order valence-corrected chi connectivity index (χ3v) is 5.84. The molecule has 0 spiro atoms. The van der Waals surface area contributed by atoms with E-state index < -0.39 is 0 Å². The Morgan fingerprint density at radius 3 is 2.76 bits per heavy atom. The summed E-state index contributed by atoms with van der Waals surface area (Å²) in [6, 6.07) is 7.79. The van der Waals surface area contributed by atoms with Crippen LogP contribution in [0.2, 0.25) is 0 Å². The maximum absolute atomic E-state index is 12.4. The van der Waals surface area contributed by atoms with E-state index in [9.17, 15) is 9.59 Å². The number of piperidine rings is 1. The number of carbonyl (C=O) groups is 2. The van der Waals surface area contributed by atoms with Crippen LogP contribution >= 0.6 is 11.8 Å². The van der Waals surface area contributed by atoms with Crippen molar-refractivity contribution < 1.29 is 14.0 Å². The average Bonchev–Trinajstić information content (AvgIpc) is 3.25. The minimum Gasteiger partial charge on any atom is -0.440 e. The summed E-state index contributed by atoms with van der Waals surface area (Å²) >= 11 is 1.34. The molecule has 0 aliphatic carbocycles. The number of fused-ring (bicyclic) bond motifs is 1. The fourth-order valence-corrected chi connectivity index (χ4v) is 4.31. The zero-order chi connectivity index (χ0) is 17.2. The normalized spacial score (nSPS) is 19.1. The number of thioether (sulfide) groups is 1. The molecular formula is C18H21N3O3S. The van der Waals surface area contributed by atoms with Gasteiger partial charge in [0, 0.05) is 44.3 Å². The molecule has 132 valence electrons. The van der Waals surface area contributed by atoms with E-state index in [1.807, 2.05) is 29.2 Å². The Morgan fingerprint density at radius 1 is 1.24 bits per heavy atom. The third kappa shape index (κ3) is 3.51. The Bertz CT molecular complexity index is 750. The lowest BCUT2D eigenvalue weighted by atomic mass is 9.96. The number of aromatic nitrogens is 1. The highest BCUT2D eigenvalue weighted by molar-refractivity contribution is 8.13. The molecule has 7 heteroatoms. The number of amides is 2. The quantitative estimate of drug-likeness (QED) is 0.839. The van der Waals surface area contributed by atoms with Crippen LogP contribution in [0.15, 0.2) is 28.7 Å². The minimum absolute atomic E-state index is 0.0995. The van der Waals surface area contributed by atoms with Gasteiger partial charge in [0.2, 0.25) is 5.91 Å². The molecule has 2 saturated heterocycles. The van der Waals surface area contributed by atoms with E-state index in [4.69, 9.17) is 4.42 Å². The first-order valence-corrected chi connectivity index (χ1v) is 9.74. The molecule has 2 aromatic rings. The highest BCUT2D eigenvalue weighted by atomic mass is 32.2. The van der Waals surface area contributed by atoms with Gasteiger partial charge in [-0.2, -0.15) is 0 Å². The van der Waals surface area contributed by atoms with E-state index in [1.165, 1.54) is 11.8 Å². The molecule has 2 aliphatic heterocycles. The van der Waals surface area contributed by atoms with Crippen LogP contribution < -0.4 is 0 Å². The molecule has 0 saturated carbocycles. The van der Waals surface area contributed by atoms with Crippen LogP contribution in [-0.4, -0.2) is 57.9 Å². The van der Waals surface area contributed by atoms with Crippen LogP contribution in [-0.2, 0) is 4.79 Å². The van der Waals surface area contributed by atoms with Crippen molar-refractivity contribution in [2.45, 2.75) is 25.2 Å². The Labute approximate surface area is 150 Å². The lowest BCUT2D eigenvalue weighted by molar-refractivity contribution is -0.132. The van der Waals surface area contributed by atoms with Gasteiger partial charge in [-0.05, 0) is 25.0 Å². The van der Waals surface area contributed by atoms with Crippen molar-refractivity contribution >= 4 is 34.0 Å². The first kappa shape index (κ1) is 16.4. The fourth-order valence-electron chi connectivity index (χ4n) is 3.46. The van der Waals surface area contributed by atoms with Gasteiger partial charge in [-0.15, -0.1) is 0 Å². The SMILES string of the molecule is O=C(CCN1CCSC1=O)N1CCC(c2nc3ccccc3o2)CC1. The van der Waals surface area contributed by atoms with E-state index in [2.05, 4.69) is 4.98 Å². The van der Waals surface area contributed by atoms with Crippen LogP contribution in [0.5, 0.6) is 0 Å². The molecule has 4 rings (SSSR count). The number of oxazole rings is 1. The number of nitrogens with zero attached hydrogens (tertiary/aromatic N) is 3. The largest absolute Gasteiger partial charge is 0.440 e. The molecule has 6 nitrogen and oxygen atoms in total. The number of hydrogen-bond donors (Lipinski definition) is 0. The lowest BCUT2D eigenvalue weighted by Crippen LogP contribution is -2.39. The predicted octanol–water partition coefficient (Wildman–Crippen LogP) is 3.09. The lowest BCUT2D eigenvalue weighted by Gasteiger charge is -2.31. The highest BCUT2D eigenvalue weighted by Gasteiger charge is 2.28. The molecular weight excluding hydrogens is 338 g/mol. The zero-order valence-corrected chi connectivity index (χ0v) is 14.8. The molecule has 1 aromatic carbocycles. The second-order valence-corrected chi connectivity index (χ2v) is 7.57. The molecule has 0 atom stereocenters. The van der Waals surface area contributed by atoms with Crippen molar-refractivity contribution in [2.24, 2.45) is 0 Å². The summed E-state index contributed by atoms with van der Waals surface area (Å²) in [4.78, 5) is 32.2. The number of benzene rings is 1. The molecule has 3 heterocycles. The Morgan fingerprint density at radius 2 is 2.04 bits per heavy atom. The number of para-hydroxylation sites is 2. The van der Waals surface area contributed by atoms with Crippen molar-refractivity contribution in [3.05, 3.63) is 30.2 Å². The average molecular weight is 359 g/mol. The molecule has 2 aliphatic rings. The standard InChI is InChI=1S/C18H21N3O3S/c22-16(7-10-21-11-12-25-18(21)23)20-8-5-13(6-9-20)17-19-14-3-1-2-4-15(14)24-17/h1-4,13H,5-12H2. The van der Waals surface area contributed by atoms with Crippen LogP contribution in [0.25, 0.3) is 11.1 Å². The van der Waals surface area contributed by atoms with Gasteiger partial charge in [0.15, 0.2) is 11.5 Å². The van der Waals surface area contributed by atoms with E-state index in [1.54, 1.807) is 4.90 Å². The molecule has 25 heavy (non-hydrogen) atoms. The summed E-state index contributed by atoms with van der Waals surface area (Å²) in [5.74, 6) is 2.03. The number of carbonyl (C=O) groups excluding carboxylic acids is 2. The second kappa shape index (κ2) is 7.07. The number of likely N-dealkylation sites (tertiary alicyclic amines) is 1. The Hall–Kier alpha value is -2.02. The summed E-state index contributed by atoms with van der Waals surface area (Å²) in [5, 5.41) is 0.0995. The number of hydrogen-bond acceptors (Lipinski definition) is 5. The molecule has 2 amide bonds. The van der Waals surface area contributed by atoms with E-state index in [0.717, 1.165) is 55.2 Å². The van der Waals surface area contributed by atoms with Crippen LogP contribution in [0.3, 0.4) is 0 Å². The van der Waals surface area contributed by atoms with Gasteiger partial charge < -0.3 is 14.2 Å². The zero-order valence-electron chi connectivity index (χ0n) is 14.0. The topological polar surface area (TPSA) is 66.7 Å². The maximum Gasteiger partial charge on any atom is 0.281 e. The van der Waals surface area contributed by atoms with Gasteiger partial charge in [-0.25, -0.2) is 4.98 Å². The molecule has 1 aromatic heterocycles.